The van der Waals surface area contributed by atoms with Gasteiger partial charge in [-0.15, -0.1) is 11.6 Å². The number of nitrogens with one attached hydrogen (secondary N) is 1. The number of hydrogen-bond donors (Lipinski definition) is 1. The van der Waals surface area contributed by atoms with Crippen LogP contribution in [0.1, 0.15) is 20.3 Å². The van der Waals surface area contributed by atoms with Gasteiger partial charge in [-0.25, -0.2) is 0 Å². The molecule has 0 aromatic heterocycles. The zero-order valence-corrected chi connectivity index (χ0v) is 10.2. The maximum absolute atomic E-state index is 5.85. The molecule has 0 aliphatic rings. The SMILES string of the molecule is CCC(C)(CCl)NCCOCCOC. The van der Waals surface area contributed by atoms with Crippen molar-refractivity contribution in [2.45, 2.75) is 25.8 Å². The van der Waals surface area contributed by atoms with Crippen molar-refractivity contribution in [3.63, 3.8) is 0 Å². The van der Waals surface area contributed by atoms with E-state index < -0.39 is 0 Å². The summed E-state index contributed by atoms with van der Waals surface area (Å²) in [4.78, 5) is 0. The fraction of sp³-hybridized carbons (Fsp3) is 1.00. The first-order chi connectivity index (χ1) is 6.68. The van der Waals surface area contributed by atoms with E-state index >= 15 is 0 Å². The van der Waals surface area contributed by atoms with E-state index in [1.54, 1.807) is 7.11 Å². The van der Waals surface area contributed by atoms with Gasteiger partial charge in [0.1, 0.15) is 0 Å². The van der Waals surface area contributed by atoms with Gasteiger partial charge in [0, 0.05) is 25.1 Å². The van der Waals surface area contributed by atoms with E-state index in [-0.39, 0.29) is 5.54 Å². The molecule has 0 spiro atoms. The van der Waals surface area contributed by atoms with Gasteiger partial charge in [-0.2, -0.15) is 0 Å². The molecule has 1 atom stereocenters. The first-order valence-corrected chi connectivity index (χ1v) is 5.59. The van der Waals surface area contributed by atoms with Crippen molar-refractivity contribution in [2.24, 2.45) is 0 Å². The summed E-state index contributed by atoms with van der Waals surface area (Å²) in [5.74, 6) is 0.627. The van der Waals surface area contributed by atoms with Crippen molar-refractivity contribution < 1.29 is 9.47 Å². The summed E-state index contributed by atoms with van der Waals surface area (Å²) >= 11 is 5.85. The van der Waals surface area contributed by atoms with E-state index in [1.807, 2.05) is 0 Å². The van der Waals surface area contributed by atoms with Gasteiger partial charge < -0.3 is 14.8 Å². The Kier molecular flexibility index (Phi) is 8.58. The van der Waals surface area contributed by atoms with Crippen LogP contribution >= 0.6 is 11.6 Å². The van der Waals surface area contributed by atoms with Crippen LogP contribution in [0.4, 0.5) is 0 Å². The second kappa shape index (κ2) is 8.48. The first-order valence-electron chi connectivity index (χ1n) is 5.06. The Balaban J connectivity index is 3.34. The maximum atomic E-state index is 5.85. The van der Waals surface area contributed by atoms with Crippen molar-refractivity contribution in [3.05, 3.63) is 0 Å². The summed E-state index contributed by atoms with van der Waals surface area (Å²) < 4.78 is 10.2. The minimum Gasteiger partial charge on any atom is -0.382 e. The molecule has 0 radical (unpaired) electrons. The lowest BCUT2D eigenvalue weighted by Gasteiger charge is -2.27. The summed E-state index contributed by atoms with van der Waals surface area (Å²) in [5.41, 5.74) is 0.0339. The van der Waals surface area contributed by atoms with Crippen molar-refractivity contribution >= 4 is 11.6 Å². The quantitative estimate of drug-likeness (QED) is 0.476. The third-order valence-electron chi connectivity index (χ3n) is 2.31. The van der Waals surface area contributed by atoms with Gasteiger partial charge in [-0.3, -0.25) is 0 Å². The molecule has 4 heteroatoms. The third kappa shape index (κ3) is 6.60. The zero-order chi connectivity index (χ0) is 10.9. The van der Waals surface area contributed by atoms with Crippen LogP contribution in [0.2, 0.25) is 0 Å². The van der Waals surface area contributed by atoms with Gasteiger partial charge in [0.15, 0.2) is 0 Å². The normalized spacial score (nSPS) is 15.4. The van der Waals surface area contributed by atoms with Gasteiger partial charge >= 0.3 is 0 Å². The fourth-order valence-corrected chi connectivity index (χ4v) is 1.22. The van der Waals surface area contributed by atoms with Gasteiger partial charge in [-0.1, -0.05) is 6.92 Å². The summed E-state index contributed by atoms with van der Waals surface area (Å²) in [6.45, 7) is 7.09. The Labute approximate surface area is 92.1 Å². The Hall–Kier alpha value is 0.170. The number of rotatable bonds is 9. The molecule has 0 aromatic rings. The predicted octanol–water partition coefficient (Wildman–Crippen LogP) is 1.65. The Morgan fingerprint density at radius 2 is 2.00 bits per heavy atom. The second-order valence-electron chi connectivity index (χ2n) is 3.58. The summed E-state index contributed by atoms with van der Waals surface area (Å²) in [5, 5.41) is 3.37. The average Bonchev–Trinajstić information content (AvgIpc) is 2.23. The van der Waals surface area contributed by atoms with Crippen LogP contribution in [0.25, 0.3) is 0 Å². The minimum absolute atomic E-state index is 0.0339. The lowest BCUT2D eigenvalue weighted by Crippen LogP contribution is -2.45. The fourth-order valence-electron chi connectivity index (χ4n) is 0.936. The van der Waals surface area contributed by atoms with Crippen molar-refractivity contribution in [1.82, 2.24) is 5.32 Å². The van der Waals surface area contributed by atoms with Crippen molar-refractivity contribution in [2.75, 3.05) is 39.4 Å². The average molecular weight is 224 g/mol. The number of alkyl halides is 1. The minimum atomic E-state index is 0.0339. The van der Waals surface area contributed by atoms with Crippen LogP contribution in [0.5, 0.6) is 0 Å². The van der Waals surface area contributed by atoms with Crippen molar-refractivity contribution in [3.8, 4) is 0 Å². The van der Waals surface area contributed by atoms with Crippen LogP contribution in [-0.4, -0.2) is 44.9 Å². The van der Waals surface area contributed by atoms with Crippen LogP contribution in [0.15, 0.2) is 0 Å². The highest BCUT2D eigenvalue weighted by Crippen LogP contribution is 2.10. The molecular weight excluding hydrogens is 202 g/mol. The third-order valence-corrected chi connectivity index (χ3v) is 2.90. The molecule has 86 valence electrons. The lowest BCUT2D eigenvalue weighted by molar-refractivity contribution is 0.0695. The van der Waals surface area contributed by atoms with E-state index in [4.69, 9.17) is 21.1 Å². The van der Waals surface area contributed by atoms with Gasteiger partial charge in [-0.05, 0) is 13.3 Å². The van der Waals surface area contributed by atoms with Crippen LogP contribution in [0.3, 0.4) is 0 Å². The summed E-state index contributed by atoms with van der Waals surface area (Å²) in [6.07, 6.45) is 1.02. The molecule has 1 unspecified atom stereocenters. The number of ether oxygens (including phenoxy) is 2. The summed E-state index contributed by atoms with van der Waals surface area (Å²) in [6, 6.07) is 0. The molecule has 0 aromatic carbocycles. The van der Waals surface area contributed by atoms with Gasteiger partial charge in [0.25, 0.3) is 0 Å². The Morgan fingerprint density at radius 1 is 1.29 bits per heavy atom. The molecule has 0 aliphatic heterocycles. The highest BCUT2D eigenvalue weighted by Gasteiger charge is 2.18. The smallest absolute Gasteiger partial charge is 0.0700 e. The van der Waals surface area contributed by atoms with E-state index in [2.05, 4.69) is 19.2 Å². The topological polar surface area (TPSA) is 30.5 Å². The second-order valence-corrected chi connectivity index (χ2v) is 3.85. The first kappa shape index (κ1) is 14.2. The lowest BCUT2D eigenvalue weighted by atomic mass is 10.0. The number of methoxy groups -OCH3 is 1. The van der Waals surface area contributed by atoms with E-state index in [0.29, 0.717) is 25.7 Å². The molecule has 0 heterocycles. The molecule has 3 nitrogen and oxygen atoms in total. The summed E-state index contributed by atoms with van der Waals surface area (Å²) in [7, 11) is 1.67. The Morgan fingerprint density at radius 3 is 2.50 bits per heavy atom. The van der Waals surface area contributed by atoms with E-state index in [1.165, 1.54) is 0 Å². The molecule has 0 rings (SSSR count). The Bertz CT molecular complexity index is 129. The van der Waals surface area contributed by atoms with Crippen LogP contribution in [-0.2, 0) is 9.47 Å². The monoisotopic (exact) mass is 223 g/mol. The van der Waals surface area contributed by atoms with E-state index in [0.717, 1.165) is 13.0 Å². The molecule has 0 saturated carbocycles. The predicted molar refractivity (Wildman–Crippen MR) is 60.1 cm³/mol. The number of halogens is 1. The van der Waals surface area contributed by atoms with Gasteiger partial charge in [0.05, 0.1) is 19.8 Å². The van der Waals surface area contributed by atoms with Crippen LogP contribution in [0, 0.1) is 0 Å². The molecule has 0 amide bonds. The largest absolute Gasteiger partial charge is 0.382 e. The number of hydrogen-bond acceptors (Lipinski definition) is 3. The molecular formula is C10H22ClNO2. The van der Waals surface area contributed by atoms with E-state index in [9.17, 15) is 0 Å². The molecule has 0 saturated heterocycles. The van der Waals surface area contributed by atoms with Gasteiger partial charge in [0.2, 0.25) is 0 Å². The van der Waals surface area contributed by atoms with Crippen molar-refractivity contribution in [1.29, 1.82) is 0 Å². The van der Waals surface area contributed by atoms with Crippen LogP contribution < -0.4 is 5.32 Å². The highest BCUT2D eigenvalue weighted by molar-refractivity contribution is 6.18. The molecule has 0 fully saturated rings. The highest BCUT2D eigenvalue weighted by atomic mass is 35.5. The molecule has 1 N–H and O–H groups in total. The maximum Gasteiger partial charge on any atom is 0.0700 e. The molecule has 0 aliphatic carbocycles. The molecule has 14 heavy (non-hydrogen) atoms. The zero-order valence-electron chi connectivity index (χ0n) is 9.44. The standard InChI is InChI=1S/C10H22ClNO2/c1-4-10(2,9-11)12-5-6-14-8-7-13-3/h12H,4-9H2,1-3H3. The molecule has 0 bridgehead atoms.